The molecule has 0 aliphatic carbocycles. The third-order valence-corrected chi connectivity index (χ3v) is 0.498. The summed E-state index contributed by atoms with van der Waals surface area (Å²) in [5.41, 5.74) is 0. The third kappa shape index (κ3) is 23.7. The van der Waals surface area contributed by atoms with Crippen LogP contribution in [-0.4, -0.2) is 22.5 Å². The van der Waals surface area contributed by atoms with Gasteiger partial charge in [0.25, 0.3) is 0 Å². The maximum atomic E-state index is 10.0. The Morgan fingerprint density at radius 3 is 1.20 bits per heavy atom. The molecule has 0 heterocycles. The zero-order valence-corrected chi connectivity index (χ0v) is 9.73. The minimum absolute atomic E-state index is 0. The van der Waals surface area contributed by atoms with Gasteiger partial charge in [-0.05, 0) is 13.8 Å². The Labute approximate surface area is 87.6 Å². The van der Waals surface area contributed by atoms with E-state index in [4.69, 9.17) is 0 Å². The molecule has 0 fully saturated rings. The summed E-state index contributed by atoms with van der Waals surface area (Å²) in [7, 11) is 0. The van der Waals surface area contributed by atoms with Crippen LogP contribution in [0.3, 0.4) is 0 Å². The van der Waals surface area contributed by atoms with E-state index in [1.807, 2.05) is 0 Å². The summed E-state index contributed by atoms with van der Waals surface area (Å²) in [6.45, 7) is 2.81. The Balaban J connectivity index is -0.0000000600. The molecule has 0 aromatic rings. The molecule has 0 saturated heterocycles. The fourth-order valence-electron chi connectivity index (χ4n) is 0.351. The number of ketones is 2. The van der Waals surface area contributed by atoms with E-state index in [9.17, 15) is 9.59 Å². The number of rotatable bonds is 2. The van der Waals surface area contributed by atoms with Crippen molar-refractivity contribution in [1.82, 2.24) is 0 Å². The van der Waals surface area contributed by atoms with Crippen LogP contribution in [0.5, 0.6) is 0 Å². The van der Waals surface area contributed by atoms with Crippen molar-refractivity contribution in [3.05, 3.63) is 0 Å². The first-order valence-electron chi connectivity index (χ1n) is 2.12. The van der Waals surface area contributed by atoms with E-state index in [0.717, 1.165) is 0 Å². The first-order valence-corrected chi connectivity index (χ1v) is 2.12. The standard InChI is InChI=1S/C5H8O2.La.2H2O/c1-4(6)3-5(2)7;;;/h3H2,1-2H3;;2*1H2. The van der Waals surface area contributed by atoms with Crippen LogP contribution in [0.2, 0.25) is 0 Å². The summed E-state index contributed by atoms with van der Waals surface area (Å²) >= 11 is 0. The maximum Gasteiger partial charge on any atom is 0.137 e. The first-order chi connectivity index (χ1) is 3.13. The van der Waals surface area contributed by atoms with Crippen LogP contribution in [0.4, 0.5) is 0 Å². The van der Waals surface area contributed by atoms with Gasteiger partial charge >= 0.3 is 0 Å². The van der Waals surface area contributed by atoms with E-state index in [1.165, 1.54) is 13.8 Å². The molecule has 0 amide bonds. The van der Waals surface area contributed by atoms with Gasteiger partial charge in [-0.3, -0.25) is 9.59 Å². The molecule has 0 rings (SSSR count). The van der Waals surface area contributed by atoms with Gasteiger partial charge in [0.2, 0.25) is 0 Å². The molecule has 0 aromatic heterocycles. The van der Waals surface area contributed by atoms with Crippen LogP contribution in [0, 0.1) is 35.6 Å². The van der Waals surface area contributed by atoms with Crippen LogP contribution in [0.15, 0.2) is 0 Å². The molecule has 0 atom stereocenters. The third-order valence-electron chi connectivity index (χ3n) is 0.498. The molecule has 0 aliphatic rings. The van der Waals surface area contributed by atoms with Gasteiger partial charge in [0.1, 0.15) is 11.6 Å². The minimum Gasteiger partial charge on any atom is -0.412 e. The van der Waals surface area contributed by atoms with E-state index >= 15 is 0 Å². The largest absolute Gasteiger partial charge is 0.412 e. The second-order valence-electron chi connectivity index (χ2n) is 1.58. The van der Waals surface area contributed by atoms with Crippen molar-refractivity contribution in [2.24, 2.45) is 0 Å². The molecule has 0 saturated carbocycles. The van der Waals surface area contributed by atoms with E-state index in [2.05, 4.69) is 0 Å². The van der Waals surface area contributed by atoms with Gasteiger partial charge in [0.15, 0.2) is 0 Å². The molecule has 4 nitrogen and oxygen atoms in total. The number of carbonyl (C=O) groups excluding carboxylic acids is 2. The summed E-state index contributed by atoms with van der Waals surface area (Å²) in [6, 6.07) is 0. The monoisotopic (exact) mass is 275 g/mol. The van der Waals surface area contributed by atoms with Crippen LogP contribution < -0.4 is 0 Å². The summed E-state index contributed by atoms with van der Waals surface area (Å²) < 4.78 is 0. The van der Waals surface area contributed by atoms with Crippen molar-refractivity contribution >= 4 is 11.6 Å². The SMILES string of the molecule is CC(=O)CC(C)=O.O.O.[La]. The molecule has 59 valence electrons. The molecule has 0 aliphatic heterocycles. The maximum absolute atomic E-state index is 10.0. The second kappa shape index (κ2) is 12.2. The normalized spacial score (nSPS) is 5.80. The van der Waals surface area contributed by atoms with Crippen molar-refractivity contribution in [3.63, 3.8) is 0 Å². The van der Waals surface area contributed by atoms with Crippen molar-refractivity contribution in [3.8, 4) is 0 Å². The van der Waals surface area contributed by atoms with Gasteiger partial charge in [-0.15, -0.1) is 0 Å². The molecule has 0 unspecified atom stereocenters. The van der Waals surface area contributed by atoms with Gasteiger partial charge < -0.3 is 11.0 Å². The number of hydrogen-bond donors (Lipinski definition) is 0. The molecule has 1 radical (unpaired) electrons. The molecular weight excluding hydrogens is 263 g/mol. The topological polar surface area (TPSA) is 97.1 Å². The Hall–Kier alpha value is 0.455. The predicted molar refractivity (Wildman–Crippen MR) is 33.2 cm³/mol. The van der Waals surface area contributed by atoms with Crippen LogP contribution >= 0.6 is 0 Å². The van der Waals surface area contributed by atoms with Gasteiger partial charge in [-0.2, -0.15) is 0 Å². The second-order valence-corrected chi connectivity index (χ2v) is 1.58. The summed E-state index contributed by atoms with van der Waals surface area (Å²) in [5, 5.41) is 0. The Bertz CT molecular complexity index is 89.8. The zero-order chi connectivity index (χ0) is 5.86. The predicted octanol–water partition coefficient (Wildman–Crippen LogP) is -1.09. The quantitative estimate of drug-likeness (QED) is 0.598. The molecule has 5 heteroatoms. The molecule has 0 spiro atoms. The van der Waals surface area contributed by atoms with Crippen LogP contribution in [0.1, 0.15) is 20.3 Å². The van der Waals surface area contributed by atoms with Gasteiger partial charge in [-0.25, -0.2) is 0 Å². The first kappa shape index (κ1) is 22.4. The van der Waals surface area contributed by atoms with E-state index in [-0.39, 0.29) is 64.5 Å². The Morgan fingerprint density at radius 1 is 1.00 bits per heavy atom. The minimum atomic E-state index is -0.0625. The molecule has 0 bridgehead atoms. The number of hydrogen-bond acceptors (Lipinski definition) is 2. The average Bonchev–Trinajstić information content (AvgIpc) is 1.27. The smallest absolute Gasteiger partial charge is 0.137 e. The molecule has 4 N–H and O–H groups in total. The van der Waals surface area contributed by atoms with E-state index in [0.29, 0.717) is 0 Å². The number of carbonyl (C=O) groups is 2. The average molecular weight is 275 g/mol. The number of Topliss-reactive ketones (excluding diaryl/α,β-unsaturated/α-hetero) is 2. The Morgan fingerprint density at radius 2 is 1.20 bits per heavy atom. The van der Waals surface area contributed by atoms with Crippen molar-refractivity contribution in [2.45, 2.75) is 20.3 Å². The van der Waals surface area contributed by atoms with Gasteiger partial charge in [0.05, 0.1) is 6.42 Å². The van der Waals surface area contributed by atoms with Crippen molar-refractivity contribution in [2.75, 3.05) is 0 Å². The molecular formula is C5H12LaO4. The van der Waals surface area contributed by atoms with Crippen molar-refractivity contribution in [1.29, 1.82) is 0 Å². The zero-order valence-electron chi connectivity index (χ0n) is 6.10. The van der Waals surface area contributed by atoms with Gasteiger partial charge in [-0.1, -0.05) is 0 Å². The molecule has 0 aromatic carbocycles. The van der Waals surface area contributed by atoms with Crippen LogP contribution in [0.25, 0.3) is 0 Å². The summed E-state index contributed by atoms with van der Waals surface area (Å²) in [5.74, 6) is -0.125. The molecule has 10 heavy (non-hydrogen) atoms. The fourth-order valence-corrected chi connectivity index (χ4v) is 0.351. The van der Waals surface area contributed by atoms with E-state index in [1.54, 1.807) is 0 Å². The van der Waals surface area contributed by atoms with Crippen molar-refractivity contribution < 1.29 is 56.1 Å². The summed E-state index contributed by atoms with van der Waals surface area (Å²) in [6.07, 6.45) is 0.0833. The van der Waals surface area contributed by atoms with Crippen LogP contribution in [-0.2, 0) is 9.59 Å². The van der Waals surface area contributed by atoms with E-state index < -0.39 is 0 Å². The van der Waals surface area contributed by atoms with Gasteiger partial charge in [0, 0.05) is 35.6 Å². The Kier molecular flexibility index (Phi) is 27.3. The summed E-state index contributed by atoms with van der Waals surface area (Å²) in [4.78, 5) is 20.1. The fraction of sp³-hybridized carbons (Fsp3) is 0.600.